The number of hydrogen-bond donors (Lipinski definition) is 1. The Labute approximate surface area is 158 Å². The summed E-state index contributed by atoms with van der Waals surface area (Å²) in [5.41, 5.74) is 2.23. The predicted octanol–water partition coefficient (Wildman–Crippen LogP) is 3.89. The van der Waals surface area contributed by atoms with Gasteiger partial charge in [-0.2, -0.15) is 0 Å². The third-order valence-corrected chi connectivity index (χ3v) is 3.91. The van der Waals surface area contributed by atoms with E-state index in [0.29, 0.717) is 24.8 Å². The Hall–Kier alpha value is -3.41. The number of carbonyl (C=O) groups is 1. The fraction of sp³-hybridized carbons (Fsp3) is 0.190. The fourth-order valence-electron chi connectivity index (χ4n) is 2.59. The SMILES string of the molecule is CCOc1ccc(Nc2nccc(C(=O)N(C)Cc3ccccc3)n2)cc1. The molecule has 1 aromatic heterocycles. The van der Waals surface area contributed by atoms with Gasteiger partial charge in [-0.3, -0.25) is 4.79 Å². The van der Waals surface area contributed by atoms with Gasteiger partial charge in [-0.25, -0.2) is 9.97 Å². The molecule has 0 aliphatic carbocycles. The zero-order valence-electron chi connectivity index (χ0n) is 15.4. The van der Waals surface area contributed by atoms with Crippen LogP contribution in [0.4, 0.5) is 11.6 Å². The summed E-state index contributed by atoms with van der Waals surface area (Å²) in [5, 5.41) is 3.11. The molecule has 0 aliphatic heterocycles. The minimum atomic E-state index is -0.156. The van der Waals surface area contributed by atoms with Crippen LogP contribution < -0.4 is 10.1 Å². The van der Waals surface area contributed by atoms with Gasteiger partial charge >= 0.3 is 0 Å². The van der Waals surface area contributed by atoms with Crippen molar-refractivity contribution in [2.24, 2.45) is 0 Å². The van der Waals surface area contributed by atoms with E-state index in [4.69, 9.17) is 4.74 Å². The summed E-state index contributed by atoms with van der Waals surface area (Å²) in [4.78, 5) is 22.8. The molecule has 3 aromatic rings. The van der Waals surface area contributed by atoms with Gasteiger partial charge in [0.15, 0.2) is 0 Å². The van der Waals surface area contributed by atoms with Gasteiger partial charge in [0.25, 0.3) is 5.91 Å². The summed E-state index contributed by atoms with van der Waals surface area (Å²) in [6, 6.07) is 19.0. The first-order chi connectivity index (χ1) is 13.2. The molecule has 1 N–H and O–H groups in total. The largest absolute Gasteiger partial charge is 0.494 e. The van der Waals surface area contributed by atoms with Crippen LogP contribution >= 0.6 is 0 Å². The summed E-state index contributed by atoms with van der Waals surface area (Å²) in [7, 11) is 1.76. The van der Waals surface area contributed by atoms with Gasteiger partial charge in [0.05, 0.1) is 6.61 Å². The van der Waals surface area contributed by atoms with Gasteiger partial charge in [0, 0.05) is 25.5 Å². The second-order valence-corrected chi connectivity index (χ2v) is 5.99. The van der Waals surface area contributed by atoms with Crippen LogP contribution in [0.25, 0.3) is 0 Å². The van der Waals surface area contributed by atoms with Crippen molar-refractivity contribution in [2.45, 2.75) is 13.5 Å². The highest BCUT2D eigenvalue weighted by Crippen LogP contribution is 2.18. The Morgan fingerprint density at radius 2 is 1.81 bits per heavy atom. The van der Waals surface area contributed by atoms with Crippen LogP contribution in [0.2, 0.25) is 0 Å². The first-order valence-electron chi connectivity index (χ1n) is 8.78. The lowest BCUT2D eigenvalue weighted by Crippen LogP contribution is -2.27. The molecule has 0 saturated heterocycles. The van der Waals surface area contributed by atoms with Crippen LogP contribution in [0.3, 0.4) is 0 Å². The van der Waals surface area contributed by atoms with Crippen molar-refractivity contribution in [1.82, 2.24) is 14.9 Å². The number of hydrogen-bond acceptors (Lipinski definition) is 5. The van der Waals surface area contributed by atoms with Gasteiger partial charge in [-0.05, 0) is 42.8 Å². The normalized spacial score (nSPS) is 10.3. The lowest BCUT2D eigenvalue weighted by atomic mass is 10.2. The Morgan fingerprint density at radius 1 is 1.07 bits per heavy atom. The molecule has 138 valence electrons. The van der Waals surface area contributed by atoms with Crippen LogP contribution in [0.5, 0.6) is 5.75 Å². The second kappa shape index (κ2) is 8.80. The zero-order valence-corrected chi connectivity index (χ0v) is 15.4. The van der Waals surface area contributed by atoms with E-state index >= 15 is 0 Å². The summed E-state index contributed by atoms with van der Waals surface area (Å²) < 4.78 is 5.43. The molecule has 6 nitrogen and oxygen atoms in total. The molecule has 0 bridgehead atoms. The molecule has 0 spiro atoms. The fourth-order valence-corrected chi connectivity index (χ4v) is 2.59. The van der Waals surface area contributed by atoms with Crippen molar-refractivity contribution in [3.63, 3.8) is 0 Å². The van der Waals surface area contributed by atoms with Crippen molar-refractivity contribution < 1.29 is 9.53 Å². The average Bonchev–Trinajstić information content (AvgIpc) is 2.70. The second-order valence-electron chi connectivity index (χ2n) is 5.99. The molecule has 1 amide bonds. The summed E-state index contributed by atoms with van der Waals surface area (Å²) in [6.45, 7) is 3.08. The van der Waals surface area contributed by atoms with Crippen LogP contribution in [-0.4, -0.2) is 34.4 Å². The van der Waals surface area contributed by atoms with Gasteiger partial charge in [-0.1, -0.05) is 30.3 Å². The van der Waals surface area contributed by atoms with E-state index < -0.39 is 0 Å². The number of ether oxygens (including phenoxy) is 1. The van der Waals surface area contributed by atoms with E-state index in [1.165, 1.54) is 0 Å². The standard InChI is InChI=1S/C21H22N4O2/c1-3-27-18-11-9-17(10-12-18)23-21-22-14-13-19(24-21)20(26)25(2)15-16-7-5-4-6-8-16/h4-14H,3,15H2,1-2H3,(H,22,23,24). The van der Waals surface area contributed by atoms with E-state index in [2.05, 4.69) is 15.3 Å². The molecule has 0 fully saturated rings. The van der Waals surface area contributed by atoms with E-state index in [-0.39, 0.29) is 5.91 Å². The Balaban J connectivity index is 1.68. The molecular weight excluding hydrogens is 340 g/mol. The minimum absolute atomic E-state index is 0.156. The quantitative estimate of drug-likeness (QED) is 0.691. The first kappa shape index (κ1) is 18.4. The highest BCUT2D eigenvalue weighted by Gasteiger charge is 2.14. The van der Waals surface area contributed by atoms with E-state index in [1.807, 2.05) is 61.5 Å². The van der Waals surface area contributed by atoms with E-state index in [0.717, 1.165) is 17.0 Å². The molecule has 2 aromatic carbocycles. The van der Waals surface area contributed by atoms with Crippen molar-refractivity contribution in [3.05, 3.63) is 78.1 Å². The molecular formula is C21H22N4O2. The predicted molar refractivity (Wildman–Crippen MR) is 105 cm³/mol. The van der Waals surface area contributed by atoms with Crippen molar-refractivity contribution in [3.8, 4) is 5.75 Å². The molecule has 0 atom stereocenters. The van der Waals surface area contributed by atoms with E-state index in [9.17, 15) is 4.79 Å². The highest BCUT2D eigenvalue weighted by atomic mass is 16.5. The average molecular weight is 362 g/mol. The minimum Gasteiger partial charge on any atom is -0.494 e. The molecule has 6 heteroatoms. The molecule has 27 heavy (non-hydrogen) atoms. The molecule has 0 saturated carbocycles. The topological polar surface area (TPSA) is 67.3 Å². The van der Waals surface area contributed by atoms with Gasteiger partial charge in [0.2, 0.25) is 5.95 Å². The third-order valence-electron chi connectivity index (χ3n) is 3.91. The van der Waals surface area contributed by atoms with Gasteiger partial charge in [0.1, 0.15) is 11.4 Å². The maximum absolute atomic E-state index is 12.7. The number of amides is 1. The summed E-state index contributed by atoms with van der Waals surface area (Å²) in [5.74, 6) is 1.02. The van der Waals surface area contributed by atoms with Crippen LogP contribution in [0, 0.1) is 0 Å². The van der Waals surface area contributed by atoms with E-state index in [1.54, 1.807) is 24.2 Å². The number of nitrogens with one attached hydrogen (secondary N) is 1. The maximum Gasteiger partial charge on any atom is 0.272 e. The Morgan fingerprint density at radius 3 is 2.52 bits per heavy atom. The summed E-state index contributed by atoms with van der Waals surface area (Å²) >= 11 is 0. The van der Waals surface area contributed by atoms with Crippen molar-refractivity contribution in [1.29, 1.82) is 0 Å². The van der Waals surface area contributed by atoms with Crippen LogP contribution in [-0.2, 0) is 6.54 Å². The molecule has 3 rings (SSSR count). The smallest absolute Gasteiger partial charge is 0.272 e. The number of benzene rings is 2. The van der Waals surface area contributed by atoms with Crippen LogP contribution in [0.15, 0.2) is 66.9 Å². The van der Waals surface area contributed by atoms with Crippen molar-refractivity contribution >= 4 is 17.5 Å². The molecule has 1 heterocycles. The third kappa shape index (κ3) is 5.04. The number of aromatic nitrogens is 2. The Kier molecular flexibility index (Phi) is 5.99. The monoisotopic (exact) mass is 362 g/mol. The number of carbonyl (C=O) groups excluding carboxylic acids is 1. The zero-order chi connectivity index (χ0) is 19.1. The highest BCUT2D eigenvalue weighted by molar-refractivity contribution is 5.92. The maximum atomic E-state index is 12.7. The van der Waals surface area contributed by atoms with Gasteiger partial charge in [-0.15, -0.1) is 0 Å². The number of rotatable bonds is 7. The summed E-state index contributed by atoms with van der Waals surface area (Å²) in [6.07, 6.45) is 1.58. The Bertz CT molecular complexity index is 882. The molecule has 0 radical (unpaired) electrons. The number of anilines is 2. The lowest BCUT2D eigenvalue weighted by molar-refractivity contribution is 0.0779. The molecule has 0 aliphatic rings. The van der Waals surface area contributed by atoms with Gasteiger partial charge < -0.3 is 15.0 Å². The first-order valence-corrected chi connectivity index (χ1v) is 8.78. The van der Waals surface area contributed by atoms with Crippen LogP contribution in [0.1, 0.15) is 23.0 Å². The lowest BCUT2D eigenvalue weighted by Gasteiger charge is -2.17. The molecule has 0 unspecified atom stereocenters. The van der Waals surface area contributed by atoms with Crippen molar-refractivity contribution in [2.75, 3.05) is 19.0 Å². The number of nitrogens with zero attached hydrogens (tertiary/aromatic N) is 3.